The van der Waals surface area contributed by atoms with Crippen molar-refractivity contribution >= 4 is 48.7 Å². The van der Waals surface area contributed by atoms with Crippen LogP contribution in [0.2, 0.25) is 0 Å². The van der Waals surface area contributed by atoms with Crippen molar-refractivity contribution in [1.29, 1.82) is 0 Å². The summed E-state index contributed by atoms with van der Waals surface area (Å²) in [4.78, 5) is 15.4. The average Bonchev–Trinajstić information content (AvgIpc) is 2.35. The van der Waals surface area contributed by atoms with Gasteiger partial charge in [0.25, 0.3) is 0 Å². The summed E-state index contributed by atoms with van der Waals surface area (Å²) < 4.78 is 20.1. The predicted octanol–water partition coefficient (Wildman–Crippen LogP) is 3.61. The maximum absolute atomic E-state index is 14.2. The Hall–Kier alpha value is -1.01. The molecular weight excluding hydrogens is 369 g/mol. The smallest absolute Gasteiger partial charge is 0.310 e. The minimum atomic E-state index is -0.483. The lowest BCUT2D eigenvalue weighted by Gasteiger charge is -2.07. The van der Waals surface area contributed by atoms with Crippen LogP contribution in [0.1, 0.15) is 5.56 Å². The van der Waals surface area contributed by atoms with E-state index < -0.39 is 11.8 Å². The Morgan fingerprint density at radius 2 is 2.17 bits per heavy atom. The van der Waals surface area contributed by atoms with Gasteiger partial charge in [0.1, 0.15) is 5.82 Å². The number of pyridine rings is 1. The first-order valence-electron chi connectivity index (χ1n) is 5.02. The molecule has 0 saturated carbocycles. The summed E-state index contributed by atoms with van der Waals surface area (Å²) in [6.45, 7) is 0. The molecule has 0 unspecified atom stereocenters. The molecule has 0 N–H and O–H groups in total. The van der Waals surface area contributed by atoms with E-state index in [1.54, 1.807) is 18.3 Å². The summed E-state index contributed by atoms with van der Waals surface area (Å²) in [6, 6.07) is 3.18. The van der Waals surface area contributed by atoms with Crippen molar-refractivity contribution < 1.29 is 13.9 Å². The maximum atomic E-state index is 14.2. The average molecular weight is 377 g/mol. The minimum Gasteiger partial charge on any atom is -0.469 e. The summed E-state index contributed by atoms with van der Waals surface area (Å²) in [7, 11) is 1.27. The Labute approximate surface area is 120 Å². The number of methoxy groups -OCH3 is 1. The Kier molecular flexibility index (Phi) is 3.97. The first-order chi connectivity index (χ1) is 8.52. The fourth-order valence-electron chi connectivity index (χ4n) is 1.61. The van der Waals surface area contributed by atoms with Gasteiger partial charge in [-0.15, -0.1) is 0 Å². The third-order valence-corrected chi connectivity index (χ3v) is 3.50. The molecule has 1 aromatic heterocycles. The van der Waals surface area contributed by atoms with Gasteiger partial charge < -0.3 is 4.74 Å². The van der Waals surface area contributed by atoms with E-state index in [0.717, 1.165) is 0 Å². The second-order valence-corrected chi connectivity index (χ2v) is 5.40. The van der Waals surface area contributed by atoms with Crippen LogP contribution in [0.15, 0.2) is 27.3 Å². The second-order valence-electron chi connectivity index (χ2n) is 3.63. The molecule has 0 aliphatic rings. The maximum Gasteiger partial charge on any atom is 0.310 e. The van der Waals surface area contributed by atoms with Gasteiger partial charge in [-0.2, -0.15) is 0 Å². The number of nitrogens with zero attached hydrogens (tertiary/aromatic N) is 1. The van der Waals surface area contributed by atoms with Gasteiger partial charge in [-0.05, 0) is 44.0 Å². The summed E-state index contributed by atoms with van der Waals surface area (Å²) in [5, 5.41) is 0.359. The summed E-state index contributed by atoms with van der Waals surface area (Å²) in [6.07, 6.45) is 1.48. The highest BCUT2D eigenvalue weighted by Crippen LogP contribution is 2.29. The zero-order valence-electron chi connectivity index (χ0n) is 9.34. The molecule has 94 valence electrons. The lowest BCUT2D eigenvalue weighted by atomic mass is 10.1. The fourth-order valence-corrected chi connectivity index (χ4v) is 2.53. The van der Waals surface area contributed by atoms with Crippen molar-refractivity contribution in [3.05, 3.63) is 38.7 Å². The van der Waals surface area contributed by atoms with Crippen LogP contribution in [0.25, 0.3) is 10.9 Å². The number of benzene rings is 1. The van der Waals surface area contributed by atoms with Gasteiger partial charge in [0, 0.05) is 26.1 Å². The van der Waals surface area contributed by atoms with Gasteiger partial charge in [-0.1, -0.05) is 0 Å². The molecule has 0 fully saturated rings. The SMILES string of the molecule is COC(=O)Cc1cc(Br)c2ncc(Br)cc2c1F. The highest BCUT2D eigenvalue weighted by molar-refractivity contribution is 9.11. The van der Waals surface area contributed by atoms with Crippen LogP contribution in [-0.2, 0) is 16.0 Å². The van der Waals surface area contributed by atoms with Gasteiger partial charge in [-0.3, -0.25) is 9.78 Å². The molecule has 0 aliphatic carbocycles. The van der Waals surface area contributed by atoms with Gasteiger partial charge in [0.15, 0.2) is 0 Å². The van der Waals surface area contributed by atoms with E-state index in [0.29, 0.717) is 19.8 Å². The number of hydrogen-bond donors (Lipinski definition) is 0. The molecule has 0 radical (unpaired) electrons. The predicted molar refractivity (Wildman–Crippen MR) is 72.8 cm³/mol. The number of hydrogen-bond acceptors (Lipinski definition) is 3. The number of esters is 1. The van der Waals surface area contributed by atoms with Crippen molar-refractivity contribution in [1.82, 2.24) is 4.98 Å². The zero-order chi connectivity index (χ0) is 13.3. The van der Waals surface area contributed by atoms with Crippen molar-refractivity contribution in [2.45, 2.75) is 6.42 Å². The zero-order valence-corrected chi connectivity index (χ0v) is 12.5. The lowest BCUT2D eigenvalue weighted by molar-refractivity contribution is -0.139. The molecule has 3 nitrogen and oxygen atoms in total. The third kappa shape index (κ3) is 2.54. The highest BCUT2D eigenvalue weighted by atomic mass is 79.9. The van der Waals surface area contributed by atoms with Gasteiger partial charge in [0.05, 0.1) is 19.0 Å². The van der Waals surface area contributed by atoms with Crippen LogP contribution in [0.5, 0.6) is 0 Å². The van der Waals surface area contributed by atoms with Crippen LogP contribution in [-0.4, -0.2) is 18.1 Å². The van der Waals surface area contributed by atoms with Crippen LogP contribution >= 0.6 is 31.9 Å². The van der Waals surface area contributed by atoms with E-state index in [-0.39, 0.29) is 12.0 Å². The van der Waals surface area contributed by atoms with Crippen LogP contribution in [0, 0.1) is 5.82 Å². The van der Waals surface area contributed by atoms with E-state index in [9.17, 15) is 9.18 Å². The topological polar surface area (TPSA) is 39.2 Å². The molecule has 0 atom stereocenters. The summed E-state index contributed by atoms with van der Waals surface area (Å²) in [5.41, 5.74) is 0.797. The molecule has 2 aromatic rings. The van der Waals surface area contributed by atoms with E-state index in [2.05, 4.69) is 41.6 Å². The normalized spacial score (nSPS) is 10.7. The first kappa shape index (κ1) is 13.4. The standard InChI is InChI=1S/C12H8Br2FNO2/c1-18-10(17)3-6-2-9(14)12-8(11(6)15)4-7(13)5-16-12/h2,4-5H,3H2,1H3. The molecule has 6 heteroatoms. The van der Waals surface area contributed by atoms with E-state index in [4.69, 9.17) is 0 Å². The number of ether oxygens (including phenoxy) is 1. The monoisotopic (exact) mass is 375 g/mol. The number of carbonyl (C=O) groups is 1. The first-order valence-corrected chi connectivity index (χ1v) is 6.60. The van der Waals surface area contributed by atoms with E-state index >= 15 is 0 Å². The largest absolute Gasteiger partial charge is 0.469 e. The molecule has 0 saturated heterocycles. The molecule has 18 heavy (non-hydrogen) atoms. The Morgan fingerprint density at radius 1 is 1.44 bits per heavy atom. The molecule has 0 bridgehead atoms. The van der Waals surface area contributed by atoms with E-state index in [1.807, 2.05) is 0 Å². The number of rotatable bonds is 2. The number of fused-ring (bicyclic) bond motifs is 1. The van der Waals surface area contributed by atoms with Crippen molar-refractivity contribution in [3.63, 3.8) is 0 Å². The summed E-state index contributed by atoms with van der Waals surface area (Å²) in [5.74, 6) is -0.935. The fraction of sp³-hybridized carbons (Fsp3) is 0.167. The van der Waals surface area contributed by atoms with E-state index in [1.165, 1.54) is 7.11 Å². The van der Waals surface area contributed by atoms with Gasteiger partial charge in [-0.25, -0.2) is 4.39 Å². The lowest BCUT2D eigenvalue weighted by Crippen LogP contribution is -2.06. The van der Waals surface area contributed by atoms with Crippen LogP contribution in [0.3, 0.4) is 0 Å². The molecule has 1 heterocycles. The molecule has 0 aliphatic heterocycles. The van der Waals surface area contributed by atoms with Crippen LogP contribution in [0.4, 0.5) is 4.39 Å². The van der Waals surface area contributed by atoms with Gasteiger partial charge >= 0.3 is 5.97 Å². The summed E-state index contributed by atoms with van der Waals surface area (Å²) >= 11 is 6.57. The number of aromatic nitrogens is 1. The van der Waals surface area contributed by atoms with Crippen molar-refractivity contribution in [2.75, 3.05) is 7.11 Å². The Morgan fingerprint density at radius 3 is 2.83 bits per heavy atom. The molecule has 2 rings (SSSR count). The minimum absolute atomic E-state index is 0.108. The number of carbonyl (C=O) groups excluding carboxylic acids is 1. The quantitative estimate of drug-likeness (QED) is 0.751. The Bertz CT molecular complexity index is 631. The third-order valence-electron chi connectivity index (χ3n) is 2.46. The van der Waals surface area contributed by atoms with Crippen molar-refractivity contribution in [2.24, 2.45) is 0 Å². The van der Waals surface area contributed by atoms with Crippen molar-refractivity contribution in [3.8, 4) is 0 Å². The number of halogens is 3. The molecule has 1 aromatic carbocycles. The Balaban J connectivity index is 2.63. The molecule has 0 amide bonds. The molecular formula is C12H8Br2FNO2. The van der Waals surface area contributed by atoms with Crippen LogP contribution < -0.4 is 0 Å². The second kappa shape index (κ2) is 5.32. The highest BCUT2D eigenvalue weighted by Gasteiger charge is 2.15. The van der Waals surface area contributed by atoms with Gasteiger partial charge in [0.2, 0.25) is 0 Å². The molecule has 0 spiro atoms.